The molecule has 0 aliphatic carbocycles. The summed E-state index contributed by atoms with van der Waals surface area (Å²) in [6.45, 7) is 7.39. The molecule has 186 valence electrons. The van der Waals surface area contributed by atoms with E-state index < -0.39 is 34.0 Å². The van der Waals surface area contributed by atoms with Crippen LogP contribution in [0.3, 0.4) is 0 Å². The van der Waals surface area contributed by atoms with E-state index in [-0.39, 0.29) is 29.7 Å². The number of hydrogen-bond acceptors (Lipinski definition) is 6. The number of benzene rings is 2. The van der Waals surface area contributed by atoms with Gasteiger partial charge in [-0.25, -0.2) is 13.2 Å². The topological polar surface area (TPSA) is 133 Å². The van der Waals surface area contributed by atoms with Gasteiger partial charge in [-0.1, -0.05) is 26.0 Å². The number of sulfonamides is 1. The van der Waals surface area contributed by atoms with Gasteiger partial charge in [-0.05, 0) is 68.1 Å². The predicted octanol–water partition coefficient (Wildman–Crippen LogP) is 3.35. The molecule has 0 radical (unpaired) electrons. The standard InChI is InChI=1S/C24H33N3O6S/c1-16(2)14-26(34(31,32)20-11-7-18(25)8-12-20)15-22-21(13-17-5-9-19(28)10-6-17)27(23(29)30)24(3,4)33-22/h5-12,16,21-22,28H,13-15,25H2,1-4H3,(H,29,30)/t21-,22+/m0/s1. The van der Waals surface area contributed by atoms with Crippen LogP contribution in [0.15, 0.2) is 53.4 Å². The van der Waals surface area contributed by atoms with Crippen LogP contribution in [0.1, 0.15) is 33.3 Å². The van der Waals surface area contributed by atoms with Crippen LogP contribution in [0, 0.1) is 5.92 Å². The Hall–Kier alpha value is -2.82. The zero-order chi connectivity index (χ0) is 25.3. The van der Waals surface area contributed by atoms with E-state index >= 15 is 0 Å². The van der Waals surface area contributed by atoms with E-state index in [1.807, 2.05) is 13.8 Å². The van der Waals surface area contributed by atoms with Gasteiger partial charge in [-0.15, -0.1) is 0 Å². The number of rotatable bonds is 8. The molecule has 1 saturated heterocycles. The van der Waals surface area contributed by atoms with Gasteiger partial charge in [0.15, 0.2) is 0 Å². The van der Waals surface area contributed by atoms with Crippen molar-refractivity contribution in [1.29, 1.82) is 0 Å². The van der Waals surface area contributed by atoms with Crippen LogP contribution in [-0.4, -0.2) is 64.9 Å². The van der Waals surface area contributed by atoms with Crippen LogP contribution < -0.4 is 5.73 Å². The van der Waals surface area contributed by atoms with Crippen molar-refractivity contribution in [3.05, 3.63) is 54.1 Å². The molecule has 1 aliphatic rings. The van der Waals surface area contributed by atoms with Crippen molar-refractivity contribution in [1.82, 2.24) is 9.21 Å². The van der Waals surface area contributed by atoms with Gasteiger partial charge in [0.25, 0.3) is 0 Å². The number of phenolic OH excluding ortho intramolecular Hbond substituents is 1. The molecule has 10 heteroatoms. The molecule has 2 atom stereocenters. The van der Waals surface area contributed by atoms with E-state index in [4.69, 9.17) is 10.5 Å². The zero-order valence-corrected chi connectivity index (χ0v) is 20.7. The Morgan fingerprint density at radius 3 is 2.26 bits per heavy atom. The monoisotopic (exact) mass is 491 g/mol. The van der Waals surface area contributed by atoms with Crippen molar-refractivity contribution in [2.24, 2.45) is 5.92 Å². The minimum atomic E-state index is -3.88. The number of ether oxygens (including phenoxy) is 1. The summed E-state index contributed by atoms with van der Waals surface area (Å²) in [5.74, 6) is 0.139. The van der Waals surface area contributed by atoms with Gasteiger partial charge >= 0.3 is 6.09 Å². The first-order chi connectivity index (χ1) is 15.8. The molecule has 0 unspecified atom stereocenters. The second kappa shape index (κ2) is 9.81. The fraction of sp³-hybridized carbons (Fsp3) is 0.458. The van der Waals surface area contributed by atoms with E-state index in [0.29, 0.717) is 12.1 Å². The lowest BCUT2D eigenvalue weighted by atomic mass is 10.00. The van der Waals surface area contributed by atoms with Gasteiger partial charge < -0.3 is 20.7 Å². The molecule has 1 aliphatic heterocycles. The van der Waals surface area contributed by atoms with Gasteiger partial charge in [0.1, 0.15) is 11.5 Å². The van der Waals surface area contributed by atoms with Crippen LogP contribution in [0.25, 0.3) is 0 Å². The van der Waals surface area contributed by atoms with E-state index in [9.17, 15) is 23.4 Å². The number of nitrogens with zero attached hydrogens (tertiary/aromatic N) is 2. The van der Waals surface area contributed by atoms with Crippen molar-refractivity contribution >= 4 is 21.8 Å². The summed E-state index contributed by atoms with van der Waals surface area (Å²) in [6.07, 6.45) is -1.55. The van der Waals surface area contributed by atoms with Gasteiger partial charge in [-0.2, -0.15) is 4.31 Å². The van der Waals surface area contributed by atoms with Gasteiger partial charge in [0.05, 0.1) is 17.0 Å². The second-order valence-electron chi connectivity index (χ2n) is 9.48. The minimum Gasteiger partial charge on any atom is -0.508 e. The highest BCUT2D eigenvalue weighted by molar-refractivity contribution is 7.89. The molecule has 4 N–H and O–H groups in total. The molecule has 0 bridgehead atoms. The third-order valence-corrected chi connectivity index (χ3v) is 7.68. The number of hydrogen-bond donors (Lipinski definition) is 3. The van der Waals surface area contributed by atoms with Crippen molar-refractivity contribution in [2.75, 3.05) is 18.8 Å². The molecule has 34 heavy (non-hydrogen) atoms. The highest BCUT2D eigenvalue weighted by Gasteiger charge is 2.51. The molecule has 1 amide bonds. The van der Waals surface area contributed by atoms with E-state index in [2.05, 4.69) is 0 Å². The highest BCUT2D eigenvalue weighted by Crippen LogP contribution is 2.35. The molecular weight excluding hydrogens is 458 g/mol. The van der Waals surface area contributed by atoms with Crippen molar-refractivity contribution < 1.29 is 28.2 Å². The lowest BCUT2D eigenvalue weighted by Crippen LogP contribution is -2.50. The smallest absolute Gasteiger partial charge is 0.409 e. The van der Waals surface area contributed by atoms with Gasteiger partial charge in [0.2, 0.25) is 10.0 Å². The number of anilines is 1. The number of carboxylic acid groups (broad SMARTS) is 1. The molecule has 0 aromatic heterocycles. The predicted molar refractivity (Wildman–Crippen MR) is 129 cm³/mol. The van der Waals surface area contributed by atoms with E-state index in [1.54, 1.807) is 26.0 Å². The first-order valence-corrected chi connectivity index (χ1v) is 12.6. The number of phenols is 1. The van der Waals surface area contributed by atoms with Crippen molar-refractivity contribution in [2.45, 2.75) is 56.9 Å². The lowest BCUT2D eigenvalue weighted by Gasteiger charge is -2.31. The Kier molecular flexibility index (Phi) is 7.44. The SMILES string of the molecule is CC(C)CN(C[C@H]1OC(C)(C)N(C(=O)O)[C@H]1Cc1ccc(O)cc1)S(=O)(=O)c1ccc(N)cc1. The van der Waals surface area contributed by atoms with Crippen LogP contribution in [-0.2, 0) is 21.2 Å². The number of nitrogen functional groups attached to an aromatic ring is 1. The molecular formula is C24H33N3O6S. The molecule has 1 heterocycles. The number of nitrogens with two attached hydrogens (primary N) is 1. The minimum absolute atomic E-state index is 0.0130. The summed E-state index contributed by atoms with van der Waals surface area (Å²) in [5, 5.41) is 19.6. The van der Waals surface area contributed by atoms with E-state index in [1.165, 1.54) is 45.6 Å². The van der Waals surface area contributed by atoms with E-state index in [0.717, 1.165) is 5.56 Å². The first kappa shape index (κ1) is 25.8. The molecule has 1 fully saturated rings. The summed E-state index contributed by atoms with van der Waals surface area (Å²) in [5.41, 5.74) is 5.84. The molecule has 9 nitrogen and oxygen atoms in total. The fourth-order valence-electron chi connectivity index (χ4n) is 4.37. The third-order valence-electron chi connectivity index (χ3n) is 5.84. The van der Waals surface area contributed by atoms with Crippen LogP contribution in [0.2, 0.25) is 0 Å². The highest BCUT2D eigenvalue weighted by atomic mass is 32.2. The van der Waals surface area contributed by atoms with Crippen LogP contribution >= 0.6 is 0 Å². The zero-order valence-electron chi connectivity index (χ0n) is 19.9. The largest absolute Gasteiger partial charge is 0.508 e. The average molecular weight is 492 g/mol. The molecule has 0 spiro atoms. The Labute approximate surface area is 200 Å². The number of aromatic hydroxyl groups is 1. The Balaban J connectivity index is 1.97. The Bertz CT molecular complexity index is 1100. The summed E-state index contributed by atoms with van der Waals surface area (Å²) >= 11 is 0. The Morgan fingerprint density at radius 2 is 1.74 bits per heavy atom. The maximum absolute atomic E-state index is 13.5. The van der Waals surface area contributed by atoms with Crippen LogP contribution in [0.5, 0.6) is 5.75 Å². The molecule has 2 aromatic rings. The molecule has 0 saturated carbocycles. The summed E-state index contributed by atoms with van der Waals surface area (Å²) < 4.78 is 34.6. The van der Waals surface area contributed by atoms with Crippen LogP contribution in [0.4, 0.5) is 10.5 Å². The van der Waals surface area contributed by atoms with Crippen molar-refractivity contribution in [3.8, 4) is 5.75 Å². The molecule has 2 aromatic carbocycles. The summed E-state index contributed by atoms with van der Waals surface area (Å²) in [6, 6.07) is 11.9. The number of amides is 1. The van der Waals surface area contributed by atoms with Gasteiger partial charge in [0, 0.05) is 18.8 Å². The first-order valence-electron chi connectivity index (χ1n) is 11.1. The van der Waals surface area contributed by atoms with Gasteiger partial charge in [-0.3, -0.25) is 4.90 Å². The third kappa shape index (κ3) is 5.63. The van der Waals surface area contributed by atoms with Crippen molar-refractivity contribution in [3.63, 3.8) is 0 Å². The summed E-state index contributed by atoms with van der Waals surface area (Å²) in [7, 11) is -3.88. The quantitative estimate of drug-likeness (QED) is 0.482. The normalized spacial score (nSPS) is 20.2. The maximum atomic E-state index is 13.5. The Morgan fingerprint density at radius 1 is 1.15 bits per heavy atom. The number of carbonyl (C=O) groups is 1. The average Bonchev–Trinajstić information content (AvgIpc) is 2.98. The lowest BCUT2D eigenvalue weighted by molar-refractivity contribution is -0.0690. The summed E-state index contributed by atoms with van der Waals surface area (Å²) in [4.78, 5) is 13.6. The second-order valence-corrected chi connectivity index (χ2v) is 11.4. The maximum Gasteiger partial charge on any atom is 0.409 e. The molecule has 3 rings (SSSR count). The fourth-order valence-corrected chi connectivity index (χ4v) is 5.98.